The molecule has 4 aromatic rings. The number of fused-ring (bicyclic) bond motifs is 2. The third-order valence-electron chi connectivity index (χ3n) is 3.59. The van der Waals surface area contributed by atoms with Crippen LogP contribution in [0.1, 0.15) is 5.56 Å². The highest BCUT2D eigenvalue weighted by molar-refractivity contribution is 7.71. The van der Waals surface area contributed by atoms with Crippen molar-refractivity contribution in [3.05, 3.63) is 65.3 Å². The predicted octanol–water partition coefficient (Wildman–Crippen LogP) is 3.69. The van der Waals surface area contributed by atoms with E-state index < -0.39 is 0 Å². The van der Waals surface area contributed by atoms with Gasteiger partial charge in [0.15, 0.2) is 10.3 Å². The second kappa shape index (κ2) is 4.79. The second-order valence-electron chi connectivity index (χ2n) is 4.96. The average molecular weight is 292 g/mol. The van der Waals surface area contributed by atoms with Gasteiger partial charge in [0, 0.05) is 6.54 Å². The van der Waals surface area contributed by atoms with Crippen LogP contribution in [0.25, 0.3) is 21.9 Å². The van der Waals surface area contributed by atoms with Crippen LogP contribution in [0.5, 0.6) is 0 Å². The molecule has 102 valence electrons. The van der Waals surface area contributed by atoms with E-state index in [9.17, 15) is 0 Å². The smallest absolute Gasteiger partial charge is 0.160 e. The van der Waals surface area contributed by atoms with Crippen LogP contribution in [0.4, 0.5) is 0 Å². The van der Waals surface area contributed by atoms with Gasteiger partial charge in [-0.1, -0.05) is 48.6 Å². The van der Waals surface area contributed by atoms with E-state index in [1.165, 1.54) is 16.3 Å². The van der Waals surface area contributed by atoms with Gasteiger partial charge in [0.2, 0.25) is 0 Å². The molecule has 0 fully saturated rings. The molecule has 0 aliphatic heterocycles. The lowest BCUT2D eigenvalue weighted by Crippen LogP contribution is -1.99. The molecular weight excluding hydrogens is 280 g/mol. The number of nitrogens with one attached hydrogen (secondary N) is 1. The van der Waals surface area contributed by atoms with E-state index in [1.807, 2.05) is 4.57 Å². The fourth-order valence-electron chi connectivity index (χ4n) is 2.58. The van der Waals surface area contributed by atoms with Gasteiger partial charge in [-0.2, -0.15) is 0 Å². The zero-order valence-electron chi connectivity index (χ0n) is 11.2. The van der Waals surface area contributed by atoms with Crippen LogP contribution >= 0.6 is 12.2 Å². The van der Waals surface area contributed by atoms with Crippen molar-refractivity contribution in [3.63, 3.8) is 0 Å². The number of nitrogens with zero attached hydrogens (tertiary/aromatic N) is 3. The average Bonchev–Trinajstić information content (AvgIpc) is 2.92. The molecule has 2 aromatic heterocycles. The third kappa shape index (κ3) is 2.11. The molecule has 4 nitrogen and oxygen atoms in total. The van der Waals surface area contributed by atoms with Crippen LogP contribution in [0.2, 0.25) is 0 Å². The highest BCUT2D eigenvalue weighted by Crippen LogP contribution is 2.18. The Morgan fingerprint density at radius 2 is 1.90 bits per heavy atom. The van der Waals surface area contributed by atoms with Crippen LogP contribution < -0.4 is 0 Å². The zero-order valence-corrected chi connectivity index (χ0v) is 12.0. The maximum atomic E-state index is 5.30. The Hall–Kier alpha value is -2.53. The largest absolute Gasteiger partial charge is 0.329 e. The molecule has 4 rings (SSSR count). The van der Waals surface area contributed by atoms with Gasteiger partial charge in [0.05, 0.1) is 12.7 Å². The van der Waals surface area contributed by atoms with E-state index in [0.717, 1.165) is 17.7 Å². The lowest BCUT2D eigenvalue weighted by molar-refractivity contribution is 0.823. The normalized spacial score (nSPS) is 11.2. The molecule has 21 heavy (non-hydrogen) atoms. The Bertz CT molecular complexity index is 1000. The SMILES string of the molecule is S=c1nc[nH]c2ncn(Cc3ccc4ccccc4c3)c12. The quantitative estimate of drug-likeness (QED) is 0.573. The van der Waals surface area contributed by atoms with Gasteiger partial charge in [-0.25, -0.2) is 9.97 Å². The fraction of sp³-hybridized carbons (Fsp3) is 0.0625. The predicted molar refractivity (Wildman–Crippen MR) is 85.8 cm³/mol. The summed E-state index contributed by atoms with van der Waals surface area (Å²) in [7, 11) is 0. The van der Waals surface area contributed by atoms with E-state index in [0.29, 0.717) is 4.64 Å². The third-order valence-corrected chi connectivity index (χ3v) is 3.89. The maximum absolute atomic E-state index is 5.30. The van der Waals surface area contributed by atoms with Gasteiger partial charge in [-0.05, 0) is 22.4 Å². The first-order chi connectivity index (χ1) is 10.3. The molecule has 0 aliphatic rings. The molecule has 0 amide bonds. The first kappa shape index (κ1) is 12.2. The molecule has 0 saturated heterocycles. The molecule has 0 saturated carbocycles. The summed E-state index contributed by atoms with van der Waals surface area (Å²) in [4.78, 5) is 11.5. The molecule has 0 spiro atoms. The van der Waals surface area contributed by atoms with Crippen LogP contribution in [0.3, 0.4) is 0 Å². The standard InChI is InChI=1S/C16H12N4S/c21-16-14-15(17-9-18-16)19-10-20(14)8-11-5-6-12-3-1-2-4-13(12)7-11/h1-7,9-10H,8H2,(H,17,18,21). The molecule has 0 radical (unpaired) electrons. The van der Waals surface area contributed by atoms with E-state index >= 15 is 0 Å². The Morgan fingerprint density at radius 3 is 2.81 bits per heavy atom. The minimum Gasteiger partial charge on any atom is -0.329 e. The van der Waals surface area contributed by atoms with E-state index in [2.05, 4.69) is 57.4 Å². The molecule has 2 aromatic carbocycles. The van der Waals surface area contributed by atoms with Crippen molar-refractivity contribution in [2.75, 3.05) is 0 Å². The van der Waals surface area contributed by atoms with Crippen molar-refractivity contribution >= 4 is 34.2 Å². The Kier molecular flexibility index (Phi) is 2.79. The topological polar surface area (TPSA) is 46.5 Å². The minimum absolute atomic E-state index is 0.571. The number of aromatic nitrogens is 4. The van der Waals surface area contributed by atoms with Crippen LogP contribution in [-0.2, 0) is 6.54 Å². The Balaban J connectivity index is 1.81. The Labute approximate surface area is 126 Å². The van der Waals surface area contributed by atoms with Crippen LogP contribution in [0, 0.1) is 4.64 Å². The van der Waals surface area contributed by atoms with Crippen LogP contribution in [-0.4, -0.2) is 19.5 Å². The van der Waals surface area contributed by atoms with Gasteiger partial charge in [-0.15, -0.1) is 0 Å². The number of aromatic amines is 1. The molecule has 0 bridgehead atoms. The number of hydrogen-bond acceptors (Lipinski definition) is 3. The van der Waals surface area contributed by atoms with Gasteiger partial charge in [0.1, 0.15) is 5.52 Å². The lowest BCUT2D eigenvalue weighted by atomic mass is 10.1. The molecular formula is C16H12N4S. The van der Waals surface area contributed by atoms with Crippen LogP contribution in [0.15, 0.2) is 55.1 Å². The molecule has 1 N–H and O–H groups in total. The van der Waals surface area contributed by atoms with Crippen molar-refractivity contribution in [2.24, 2.45) is 0 Å². The summed E-state index contributed by atoms with van der Waals surface area (Å²) in [5.74, 6) is 0. The first-order valence-corrected chi connectivity index (χ1v) is 7.08. The number of H-pyrrole nitrogens is 1. The van der Waals surface area contributed by atoms with Crippen molar-refractivity contribution in [2.45, 2.75) is 6.54 Å². The highest BCUT2D eigenvalue weighted by atomic mass is 32.1. The van der Waals surface area contributed by atoms with Crippen molar-refractivity contribution in [1.29, 1.82) is 0 Å². The number of imidazole rings is 1. The number of rotatable bonds is 2. The second-order valence-corrected chi connectivity index (χ2v) is 5.35. The van der Waals surface area contributed by atoms with Crippen molar-refractivity contribution in [3.8, 4) is 0 Å². The summed E-state index contributed by atoms with van der Waals surface area (Å²) < 4.78 is 2.60. The lowest BCUT2D eigenvalue weighted by Gasteiger charge is -2.06. The first-order valence-electron chi connectivity index (χ1n) is 6.67. The summed E-state index contributed by atoms with van der Waals surface area (Å²) in [6.07, 6.45) is 3.38. The molecule has 5 heteroatoms. The monoisotopic (exact) mass is 292 g/mol. The number of hydrogen-bond donors (Lipinski definition) is 1. The number of benzene rings is 2. The van der Waals surface area contributed by atoms with Crippen molar-refractivity contribution in [1.82, 2.24) is 19.5 Å². The summed E-state index contributed by atoms with van der Waals surface area (Å²) in [6, 6.07) is 14.8. The maximum Gasteiger partial charge on any atom is 0.160 e. The molecule has 0 unspecified atom stereocenters. The summed E-state index contributed by atoms with van der Waals surface area (Å²) in [5, 5.41) is 2.48. The fourth-order valence-corrected chi connectivity index (χ4v) is 2.85. The summed E-state index contributed by atoms with van der Waals surface area (Å²) in [6.45, 7) is 0.727. The molecule has 0 aliphatic carbocycles. The highest BCUT2D eigenvalue weighted by Gasteiger charge is 2.06. The van der Waals surface area contributed by atoms with Gasteiger partial charge in [-0.3, -0.25) is 0 Å². The summed E-state index contributed by atoms with van der Waals surface area (Å²) >= 11 is 5.30. The van der Waals surface area contributed by atoms with Gasteiger partial charge < -0.3 is 9.55 Å². The molecule has 2 heterocycles. The molecule has 0 atom stereocenters. The summed E-state index contributed by atoms with van der Waals surface area (Å²) in [5.41, 5.74) is 2.86. The Morgan fingerprint density at radius 1 is 1.05 bits per heavy atom. The van der Waals surface area contributed by atoms with E-state index in [1.54, 1.807) is 12.7 Å². The van der Waals surface area contributed by atoms with Gasteiger partial charge in [0.25, 0.3) is 0 Å². The van der Waals surface area contributed by atoms with Gasteiger partial charge >= 0.3 is 0 Å². The van der Waals surface area contributed by atoms with Crippen molar-refractivity contribution < 1.29 is 0 Å². The zero-order chi connectivity index (χ0) is 14.2. The van der Waals surface area contributed by atoms with E-state index in [4.69, 9.17) is 12.2 Å². The minimum atomic E-state index is 0.571. The van der Waals surface area contributed by atoms with E-state index in [-0.39, 0.29) is 0 Å².